The van der Waals surface area contributed by atoms with Gasteiger partial charge in [0, 0.05) is 39.3 Å². The summed E-state index contributed by atoms with van der Waals surface area (Å²) in [5, 5.41) is 0. The van der Waals surface area contributed by atoms with Crippen LogP contribution in [0.15, 0.2) is 66.3 Å². The second-order valence-electron chi connectivity index (χ2n) is 6.55. The third-order valence-electron chi connectivity index (χ3n) is 4.10. The highest BCUT2D eigenvalue weighted by Crippen LogP contribution is 2.30. The molecule has 3 rings (SSSR count). The average molecular weight is 366 g/mol. The number of rotatable bonds is 4. The maximum atomic E-state index is 12.5. The summed E-state index contributed by atoms with van der Waals surface area (Å²) in [6.07, 6.45) is 11.9. The van der Waals surface area contributed by atoms with E-state index in [1.54, 1.807) is 40.4 Å². The predicted octanol–water partition coefficient (Wildman–Crippen LogP) is 3.27. The molecular formula is C21H22N2O4. The summed E-state index contributed by atoms with van der Waals surface area (Å²) in [5.41, 5.74) is 1.95. The van der Waals surface area contributed by atoms with Crippen molar-refractivity contribution in [3.05, 3.63) is 71.9 Å². The standard InChI is InChI=1S/C21H22N2O4/c1-15-8-9-18(26-20(24)16-6-4-10-22(2)13-16)19(12-15)27-21(25)17-7-5-11-23(3)14-17/h4-5,8-14H,6-7H2,1-3H3. The number of ether oxygens (including phenoxy) is 2. The van der Waals surface area contributed by atoms with Crippen molar-refractivity contribution in [2.75, 3.05) is 14.1 Å². The Morgan fingerprint density at radius 2 is 1.37 bits per heavy atom. The zero-order chi connectivity index (χ0) is 19.4. The van der Waals surface area contributed by atoms with Crippen LogP contribution in [0.1, 0.15) is 18.4 Å². The quantitative estimate of drug-likeness (QED) is 0.602. The lowest BCUT2D eigenvalue weighted by Gasteiger charge is -2.18. The zero-order valence-electron chi connectivity index (χ0n) is 15.6. The second kappa shape index (κ2) is 7.95. The largest absolute Gasteiger partial charge is 0.419 e. The minimum atomic E-state index is -0.466. The van der Waals surface area contributed by atoms with Gasteiger partial charge in [0.2, 0.25) is 0 Å². The number of carbonyl (C=O) groups excluding carboxylic acids is 2. The molecule has 0 aromatic heterocycles. The molecule has 2 aliphatic heterocycles. The first-order valence-corrected chi connectivity index (χ1v) is 8.66. The topological polar surface area (TPSA) is 59.1 Å². The molecule has 0 saturated heterocycles. The van der Waals surface area contributed by atoms with Crippen LogP contribution in [0.5, 0.6) is 11.5 Å². The Morgan fingerprint density at radius 3 is 1.89 bits per heavy atom. The highest BCUT2D eigenvalue weighted by molar-refractivity contribution is 5.92. The van der Waals surface area contributed by atoms with Crippen molar-refractivity contribution in [3.63, 3.8) is 0 Å². The number of hydrogen-bond acceptors (Lipinski definition) is 6. The van der Waals surface area contributed by atoms with E-state index in [2.05, 4.69) is 0 Å². The van der Waals surface area contributed by atoms with Crippen LogP contribution in [0.2, 0.25) is 0 Å². The Balaban J connectivity index is 1.77. The first-order valence-electron chi connectivity index (χ1n) is 8.66. The summed E-state index contributed by atoms with van der Waals surface area (Å²) < 4.78 is 11.0. The molecule has 0 amide bonds. The monoisotopic (exact) mass is 366 g/mol. The van der Waals surface area contributed by atoms with E-state index in [0.717, 1.165) is 5.56 Å². The molecule has 0 saturated carbocycles. The lowest BCUT2D eigenvalue weighted by molar-refractivity contribution is -0.133. The van der Waals surface area contributed by atoms with Crippen LogP contribution >= 0.6 is 0 Å². The Morgan fingerprint density at radius 1 is 0.852 bits per heavy atom. The molecule has 0 bridgehead atoms. The van der Waals surface area contributed by atoms with Gasteiger partial charge in [0.1, 0.15) is 0 Å². The first kappa shape index (κ1) is 18.5. The van der Waals surface area contributed by atoms with Crippen molar-refractivity contribution >= 4 is 11.9 Å². The van der Waals surface area contributed by atoms with E-state index in [0.29, 0.717) is 24.0 Å². The molecule has 0 N–H and O–H groups in total. The Kier molecular flexibility index (Phi) is 5.45. The van der Waals surface area contributed by atoms with Gasteiger partial charge in [0.25, 0.3) is 0 Å². The third kappa shape index (κ3) is 4.67. The van der Waals surface area contributed by atoms with E-state index in [9.17, 15) is 9.59 Å². The SMILES string of the molecule is Cc1ccc(OC(=O)C2=CN(C)C=CC2)c(OC(=O)C2=CN(C)C=CC2)c1. The Labute approximate surface area is 158 Å². The lowest BCUT2D eigenvalue weighted by atomic mass is 10.1. The number of carbonyl (C=O) groups is 2. The normalized spacial score (nSPS) is 16.0. The average Bonchev–Trinajstić information content (AvgIpc) is 2.64. The van der Waals surface area contributed by atoms with Gasteiger partial charge in [-0.05, 0) is 37.0 Å². The van der Waals surface area contributed by atoms with Gasteiger partial charge in [-0.3, -0.25) is 0 Å². The molecule has 0 fully saturated rings. The van der Waals surface area contributed by atoms with Crippen molar-refractivity contribution in [2.24, 2.45) is 0 Å². The lowest BCUT2D eigenvalue weighted by Crippen LogP contribution is -2.19. The van der Waals surface area contributed by atoms with Crippen LogP contribution in [0.25, 0.3) is 0 Å². The third-order valence-corrected chi connectivity index (χ3v) is 4.10. The van der Waals surface area contributed by atoms with Gasteiger partial charge < -0.3 is 19.3 Å². The molecule has 0 aliphatic carbocycles. The predicted molar refractivity (Wildman–Crippen MR) is 102 cm³/mol. The van der Waals surface area contributed by atoms with Crippen molar-refractivity contribution in [2.45, 2.75) is 19.8 Å². The number of esters is 2. The number of benzene rings is 1. The van der Waals surface area contributed by atoms with Crippen molar-refractivity contribution in [1.29, 1.82) is 0 Å². The van der Waals surface area contributed by atoms with Gasteiger partial charge in [0.15, 0.2) is 11.5 Å². The van der Waals surface area contributed by atoms with Crippen LogP contribution < -0.4 is 9.47 Å². The van der Waals surface area contributed by atoms with Crippen LogP contribution in [0, 0.1) is 6.92 Å². The maximum Gasteiger partial charge on any atom is 0.341 e. The molecule has 1 aromatic rings. The molecule has 27 heavy (non-hydrogen) atoms. The summed E-state index contributed by atoms with van der Waals surface area (Å²) in [4.78, 5) is 28.5. The molecule has 0 radical (unpaired) electrons. The van der Waals surface area contributed by atoms with E-state index < -0.39 is 11.9 Å². The minimum Gasteiger partial charge on any atom is -0.419 e. The van der Waals surface area contributed by atoms with Gasteiger partial charge in [-0.1, -0.05) is 18.2 Å². The highest BCUT2D eigenvalue weighted by Gasteiger charge is 2.20. The van der Waals surface area contributed by atoms with Crippen LogP contribution in [-0.4, -0.2) is 35.8 Å². The van der Waals surface area contributed by atoms with Crippen LogP contribution in [-0.2, 0) is 9.59 Å². The van der Waals surface area contributed by atoms with E-state index in [4.69, 9.17) is 9.47 Å². The van der Waals surface area contributed by atoms with Gasteiger partial charge in [-0.25, -0.2) is 9.59 Å². The number of allylic oxidation sites excluding steroid dienone is 2. The molecule has 2 aliphatic rings. The molecular weight excluding hydrogens is 344 g/mol. The minimum absolute atomic E-state index is 0.220. The summed E-state index contributed by atoms with van der Waals surface area (Å²) in [5.74, 6) is -0.482. The van der Waals surface area contributed by atoms with E-state index in [1.165, 1.54) is 0 Å². The fourth-order valence-electron chi connectivity index (χ4n) is 2.76. The molecule has 1 aromatic carbocycles. The van der Waals surface area contributed by atoms with Crippen LogP contribution in [0.3, 0.4) is 0 Å². The fraction of sp³-hybridized carbons (Fsp3) is 0.238. The molecule has 6 nitrogen and oxygen atoms in total. The number of hydrogen-bond donors (Lipinski definition) is 0. The Bertz CT molecular complexity index is 880. The number of aryl methyl sites for hydroxylation is 1. The van der Waals surface area contributed by atoms with E-state index >= 15 is 0 Å². The molecule has 140 valence electrons. The van der Waals surface area contributed by atoms with Gasteiger partial charge in [-0.15, -0.1) is 0 Å². The fourth-order valence-corrected chi connectivity index (χ4v) is 2.76. The second-order valence-corrected chi connectivity index (χ2v) is 6.55. The molecule has 2 heterocycles. The summed E-state index contributed by atoms with van der Waals surface area (Å²) in [7, 11) is 3.68. The van der Waals surface area contributed by atoms with Gasteiger partial charge in [-0.2, -0.15) is 0 Å². The van der Waals surface area contributed by atoms with Gasteiger partial charge in [0.05, 0.1) is 11.1 Å². The van der Waals surface area contributed by atoms with Crippen molar-refractivity contribution in [1.82, 2.24) is 9.80 Å². The van der Waals surface area contributed by atoms with E-state index in [1.807, 2.05) is 45.6 Å². The van der Waals surface area contributed by atoms with E-state index in [-0.39, 0.29) is 11.5 Å². The van der Waals surface area contributed by atoms with Crippen molar-refractivity contribution in [3.8, 4) is 11.5 Å². The Hall–Kier alpha value is -3.28. The molecule has 0 atom stereocenters. The maximum absolute atomic E-state index is 12.5. The first-order chi connectivity index (χ1) is 12.9. The summed E-state index contributed by atoms with van der Waals surface area (Å²) in [6.45, 7) is 1.88. The van der Waals surface area contributed by atoms with Crippen molar-refractivity contribution < 1.29 is 19.1 Å². The highest BCUT2D eigenvalue weighted by atomic mass is 16.6. The molecule has 6 heteroatoms. The molecule has 0 spiro atoms. The summed E-state index contributed by atoms with van der Waals surface area (Å²) in [6, 6.07) is 5.13. The summed E-state index contributed by atoms with van der Waals surface area (Å²) >= 11 is 0. The van der Waals surface area contributed by atoms with Crippen LogP contribution in [0.4, 0.5) is 0 Å². The van der Waals surface area contributed by atoms with Gasteiger partial charge >= 0.3 is 11.9 Å². The smallest absolute Gasteiger partial charge is 0.341 e. The zero-order valence-corrected chi connectivity index (χ0v) is 15.6. The number of nitrogens with zero attached hydrogens (tertiary/aromatic N) is 2. The molecule has 0 unspecified atom stereocenters.